The zero-order chi connectivity index (χ0) is 21.1. The molecule has 2 aromatic carbocycles. The molecule has 2 N–H and O–H groups in total. The van der Waals surface area contributed by atoms with Crippen LogP contribution in [0.3, 0.4) is 0 Å². The number of H-pyrrole nitrogens is 1. The third-order valence-electron chi connectivity index (χ3n) is 5.19. The number of aromatic nitrogens is 1. The van der Waals surface area contributed by atoms with Crippen molar-refractivity contribution in [1.82, 2.24) is 10.3 Å². The van der Waals surface area contributed by atoms with Crippen LogP contribution < -0.4 is 5.32 Å². The Balaban J connectivity index is 1.67. The molecule has 152 valence electrons. The second-order valence-electron chi connectivity index (χ2n) is 7.25. The first kappa shape index (κ1) is 19.4. The highest BCUT2D eigenvalue weighted by atomic mass is 16.6. The van der Waals surface area contributed by atoms with Gasteiger partial charge >= 0.3 is 0 Å². The number of fused-ring (bicyclic) bond motifs is 1. The Morgan fingerprint density at radius 3 is 2.70 bits per heavy atom. The lowest BCUT2D eigenvalue weighted by molar-refractivity contribution is -0.384. The van der Waals surface area contributed by atoms with E-state index < -0.39 is 4.92 Å². The van der Waals surface area contributed by atoms with Gasteiger partial charge in [0, 0.05) is 41.6 Å². The third kappa shape index (κ3) is 4.10. The molecule has 2 heterocycles. The van der Waals surface area contributed by atoms with E-state index in [1.54, 1.807) is 30.5 Å². The number of hydrogen-bond donors (Lipinski definition) is 2. The number of non-ortho nitro benzene ring substituents is 1. The number of furan rings is 1. The second-order valence-corrected chi connectivity index (χ2v) is 7.25. The number of nitro benzene ring substituents is 1. The van der Waals surface area contributed by atoms with Crippen LogP contribution in [0, 0.1) is 17.0 Å². The summed E-state index contributed by atoms with van der Waals surface area (Å²) in [5.74, 6) is 0.299. The van der Waals surface area contributed by atoms with Gasteiger partial charge in [0.1, 0.15) is 5.76 Å². The van der Waals surface area contributed by atoms with Gasteiger partial charge in [-0.25, -0.2) is 0 Å². The summed E-state index contributed by atoms with van der Waals surface area (Å²) in [7, 11) is 0. The Morgan fingerprint density at radius 2 is 2.00 bits per heavy atom. The van der Waals surface area contributed by atoms with Gasteiger partial charge in [0.05, 0.1) is 17.7 Å². The average Bonchev–Trinajstić information content (AvgIpc) is 3.40. The van der Waals surface area contributed by atoms with Crippen molar-refractivity contribution in [3.8, 4) is 0 Å². The lowest BCUT2D eigenvalue weighted by atomic mass is 9.87. The molecule has 4 rings (SSSR count). The van der Waals surface area contributed by atoms with Crippen LogP contribution in [0.1, 0.15) is 34.8 Å². The van der Waals surface area contributed by atoms with Gasteiger partial charge in [-0.15, -0.1) is 0 Å². The van der Waals surface area contributed by atoms with Gasteiger partial charge in [-0.05, 0) is 36.2 Å². The summed E-state index contributed by atoms with van der Waals surface area (Å²) >= 11 is 0. The zero-order valence-electron chi connectivity index (χ0n) is 16.4. The van der Waals surface area contributed by atoms with Gasteiger partial charge in [-0.3, -0.25) is 14.9 Å². The van der Waals surface area contributed by atoms with Crippen LogP contribution in [-0.2, 0) is 11.3 Å². The fraction of sp³-hybridized carbons (Fsp3) is 0.174. The zero-order valence-corrected chi connectivity index (χ0v) is 16.4. The number of aryl methyl sites for hydroxylation is 1. The fourth-order valence-electron chi connectivity index (χ4n) is 3.59. The van der Waals surface area contributed by atoms with Gasteiger partial charge in [0.2, 0.25) is 5.91 Å². The van der Waals surface area contributed by atoms with Gasteiger partial charge < -0.3 is 14.7 Å². The molecule has 0 unspecified atom stereocenters. The number of hydrogen-bond acceptors (Lipinski definition) is 4. The highest BCUT2D eigenvalue weighted by Gasteiger charge is 2.22. The predicted molar refractivity (Wildman–Crippen MR) is 113 cm³/mol. The lowest BCUT2D eigenvalue weighted by Crippen LogP contribution is -2.24. The Hall–Kier alpha value is -3.87. The first-order valence-corrected chi connectivity index (χ1v) is 9.62. The molecule has 4 aromatic rings. The Kier molecular flexibility index (Phi) is 5.34. The molecule has 0 spiro atoms. The summed E-state index contributed by atoms with van der Waals surface area (Å²) in [6.07, 6.45) is 3.60. The minimum Gasteiger partial charge on any atom is -0.467 e. The molecule has 7 nitrogen and oxygen atoms in total. The minimum atomic E-state index is -0.410. The van der Waals surface area contributed by atoms with Crippen molar-refractivity contribution in [2.75, 3.05) is 0 Å². The summed E-state index contributed by atoms with van der Waals surface area (Å²) in [5, 5.41) is 14.9. The number of nitro groups is 1. The number of rotatable bonds is 7. The standard InChI is InChI=1S/C23H21N3O4/c1-15-4-6-16(7-5-15)19(12-23(27)25-13-18-3-2-10-30-18)21-14-24-22-9-8-17(26(28)29)11-20(21)22/h2-11,14,19,24H,12-13H2,1H3,(H,25,27)/t19-/m0/s1. The SMILES string of the molecule is Cc1ccc([C@H](CC(=O)NCc2ccco2)c2c[nH]c3ccc([N+](=O)[O-])cc23)cc1. The normalized spacial score (nSPS) is 12.0. The van der Waals surface area contributed by atoms with Crippen molar-refractivity contribution in [2.45, 2.75) is 25.8 Å². The monoisotopic (exact) mass is 403 g/mol. The summed E-state index contributed by atoms with van der Waals surface area (Å²) in [6, 6.07) is 16.3. The summed E-state index contributed by atoms with van der Waals surface area (Å²) < 4.78 is 5.27. The van der Waals surface area contributed by atoms with E-state index in [2.05, 4.69) is 10.3 Å². The molecule has 2 aromatic heterocycles. The van der Waals surface area contributed by atoms with Crippen molar-refractivity contribution in [2.24, 2.45) is 0 Å². The van der Waals surface area contributed by atoms with Gasteiger partial charge in [0.15, 0.2) is 0 Å². The Bertz CT molecular complexity index is 1180. The lowest BCUT2D eigenvalue weighted by Gasteiger charge is -2.17. The van der Waals surface area contributed by atoms with E-state index in [0.717, 1.165) is 27.6 Å². The number of carbonyl (C=O) groups is 1. The molecule has 0 radical (unpaired) electrons. The summed E-state index contributed by atoms with van der Waals surface area (Å²) in [5.41, 5.74) is 3.76. The molecule has 0 bridgehead atoms. The Labute approximate surface area is 172 Å². The van der Waals surface area contributed by atoms with Crippen LogP contribution in [-0.4, -0.2) is 15.8 Å². The Morgan fingerprint density at radius 1 is 1.20 bits per heavy atom. The van der Waals surface area contributed by atoms with Crippen molar-refractivity contribution in [3.05, 3.63) is 99.6 Å². The smallest absolute Gasteiger partial charge is 0.270 e. The van der Waals surface area contributed by atoms with Crippen molar-refractivity contribution in [3.63, 3.8) is 0 Å². The van der Waals surface area contributed by atoms with Gasteiger partial charge in [0.25, 0.3) is 5.69 Å². The highest BCUT2D eigenvalue weighted by molar-refractivity contribution is 5.87. The van der Waals surface area contributed by atoms with E-state index >= 15 is 0 Å². The van der Waals surface area contributed by atoms with E-state index in [-0.39, 0.29) is 23.9 Å². The first-order valence-electron chi connectivity index (χ1n) is 9.62. The number of carbonyl (C=O) groups excluding carboxylic acids is 1. The topological polar surface area (TPSA) is 101 Å². The number of benzene rings is 2. The van der Waals surface area contributed by atoms with Crippen LogP contribution in [0.4, 0.5) is 5.69 Å². The van der Waals surface area contributed by atoms with Crippen LogP contribution in [0.15, 0.2) is 71.5 Å². The van der Waals surface area contributed by atoms with E-state index in [1.807, 2.05) is 37.4 Å². The maximum Gasteiger partial charge on any atom is 0.270 e. The van der Waals surface area contributed by atoms with Gasteiger partial charge in [-0.1, -0.05) is 29.8 Å². The minimum absolute atomic E-state index is 0.0216. The molecule has 0 aliphatic carbocycles. The predicted octanol–water partition coefficient (Wildman–Crippen LogP) is 4.82. The molecule has 0 saturated carbocycles. The molecular weight excluding hydrogens is 382 g/mol. The molecule has 0 aliphatic rings. The van der Waals surface area contributed by atoms with Crippen molar-refractivity contribution in [1.29, 1.82) is 0 Å². The highest BCUT2D eigenvalue weighted by Crippen LogP contribution is 2.35. The number of aromatic amines is 1. The number of nitrogens with zero attached hydrogens (tertiary/aromatic N) is 1. The maximum atomic E-state index is 12.7. The van der Waals surface area contributed by atoms with Gasteiger partial charge in [-0.2, -0.15) is 0 Å². The molecular formula is C23H21N3O4. The number of amides is 1. The van der Waals surface area contributed by atoms with E-state index in [9.17, 15) is 14.9 Å². The molecule has 0 saturated heterocycles. The molecule has 1 amide bonds. The molecule has 0 fully saturated rings. The summed E-state index contributed by atoms with van der Waals surface area (Å²) in [6.45, 7) is 2.32. The van der Waals surface area contributed by atoms with Crippen LogP contribution in [0.25, 0.3) is 10.9 Å². The average molecular weight is 403 g/mol. The summed E-state index contributed by atoms with van der Waals surface area (Å²) in [4.78, 5) is 26.7. The van der Waals surface area contributed by atoms with Crippen LogP contribution >= 0.6 is 0 Å². The van der Waals surface area contributed by atoms with E-state index in [0.29, 0.717) is 12.3 Å². The van der Waals surface area contributed by atoms with Crippen LogP contribution in [0.5, 0.6) is 0 Å². The quantitative estimate of drug-likeness (QED) is 0.341. The van der Waals surface area contributed by atoms with Crippen LogP contribution in [0.2, 0.25) is 0 Å². The maximum absolute atomic E-state index is 12.7. The first-order chi connectivity index (χ1) is 14.5. The van der Waals surface area contributed by atoms with Crippen molar-refractivity contribution < 1.29 is 14.1 Å². The largest absolute Gasteiger partial charge is 0.467 e. The number of nitrogens with one attached hydrogen (secondary N) is 2. The molecule has 1 atom stereocenters. The van der Waals surface area contributed by atoms with E-state index in [4.69, 9.17) is 4.42 Å². The second kappa shape index (κ2) is 8.24. The molecule has 0 aliphatic heterocycles. The third-order valence-corrected chi connectivity index (χ3v) is 5.19. The molecule has 30 heavy (non-hydrogen) atoms. The fourth-order valence-corrected chi connectivity index (χ4v) is 3.59. The molecule has 7 heteroatoms. The van der Waals surface area contributed by atoms with E-state index in [1.165, 1.54) is 6.07 Å². The van der Waals surface area contributed by atoms with Crippen molar-refractivity contribution >= 4 is 22.5 Å².